The Hall–Kier alpha value is -2.34. The second-order valence-electron chi connectivity index (χ2n) is 6.88. The summed E-state index contributed by atoms with van der Waals surface area (Å²) in [5.74, 6) is -2.77. The van der Waals surface area contributed by atoms with E-state index in [-0.39, 0.29) is 35.6 Å². The van der Waals surface area contributed by atoms with Crippen LogP contribution in [0.25, 0.3) is 0 Å². The van der Waals surface area contributed by atoms with Gasteiger partial charge in [0.25, 0.3) is 0 Å². The molecule has 0 heterocycles. The minimum Gasteiger partial charge on any atom is -0.480 e. The summed E-state index contributed by atoms with van der Waals surface area (Å²) >= 11 is 0. The third-order valence-electron chi connectivity index (χ3n) is 3.92. The average Bonchev–Trinajstić information content (AvgIpc) is 2.78. The van der Waals surface area contributed by atoms with Crippen LogP contribution < -0.4 is 5.73 Å². The lowest BCUT2D eigenvalue weighted by Crippen LogP contribution is -2.34. The number of hydrogen-bond acceptors (Lipinski definition) is 5. The van der Waals surface area contributed by atoms with Crippen LogP contribution in [-0.2, 0) is 9.59 Å². The van der Waals surface area contributed by atoms with Crippen LogP contribution in [0.4, 0.5) is 0 Å². The lowest BCUT2D eigenvalue weighted by molar-refractivity contribution is -0.139. The molecule has 0 aromatic heterocycles. The Bertz CT molecular complexity index is 643. The van der Waals surface area contributed by atoms with Gasteiger partial charge < -0.3 is 10.8 Å². The fraction of sp³-hybridized carbons (Fsp3) is 0.474. The molecule has 25 heavy (non-hydrogen) atoms. The van der Waals surface area contributed by atoms with Crippen molar-refractivity contribution in [1.29, 1.82) is 0 Å². The molecule has 0 fully saturated rings. The van der Waals surface area contributed by atoms with Gasteiger partial charge in [0, 0.05) is 17.5 Å². The fourth-order valence-electron chi connectivity index (χ4n) is 2.44. The molecule has 0 bridgehead atoms. The Balaban J connectivity index is 0.000000333. The molecule has 0 saturated carbocycles. The predicted molar refractivity (Wildman–Crippen MR) is 93.5 cm³/mol. The Labute approximate surface area is 147 Å². The first-order valence-electron chi connectivity index (χ1n) is 8.26. The van der Waals surface area contributed by atoms with Crippen LogP contribution in [0.1, 0.15) is 54.8 Å². The van der Waals surface area contributed by atoms with Crippen molar-refractivity contribution < 1.29 is 24.3 Å². The maximum absolute atomic E-state index is 12.0. The van der Waals surface area contributed by atoms with Crippen molar-refractivity contribution >= 4 is 23.3 Å². The number of rotatable bonds is 5. The maximum Gasteiger partial charge on any atom is 0.320 e. The van der Waals surface area contributed by atoms with E-state index in [1.807, 2.05) is 13.8 Å². The molecule has 6 heteroatoms. The molecule has 1 atom stereocenters. The highest BCUT2D eigenvalue weighted by Crippen LogP contribution is 2.28. The van der Waals surface area contributed by atoms with Crippen molar-refractivity contribution in [2.75, 3.05) is 0 Å². The highest BCUT2D eigenvalue weighted by Gasteiger charge is 2.42. The first kappa shape index (κ1) is 20.7. The Morgan fingerprint density at radius 2 is 1.48 bits per heavy atom. The molecule has 0 amide bonds. The summed E-state index contributed by atoms with van der Waals surface area (Å²) in [6.45, 7) is 7.35. The zero-order valence-corrected chi connectivity index (χ0v) is 15.0. The zero-order chi connectivity index (χ0) is 19.3. The molecular formula is C19H25NO5. The second kappa shape index (κ2) is 8.67. The first-order chi connectivity index (χ1) is 11.6. The van der Waals surface area contributed by atoms with Crippen LogP contribution in [0.3, 0.4) is 0 Å². The number of nitrogens with two attached hydrogens (primary N) is 1. The number of carbonyl (C=O) groups excluding carboxylic acids is 3. The number of ketones is 3. The van der Waals surface area contributed by atoms with Gasteiger partial charge >= 0.3 is 5.97 Å². The molecule has 0 unspecified atom stereocenters. The van der Waals surface area contributed by atoms with Crippen LogP contribution in [0.5, 0.6) is 0 Å². The van der Waals surface area contributed by atoms with Gasteiger partial charge in [-0.2, -0.15) is 0 Å². The summed E-state index contributed by atoms with van der Waals surface area (Å²) in [6.07, 6.45) is 0.274. The van der Waals surface area contributed by atoms with E-state index in [1.165, 1.54) is 0 Å². The van der Waals surface area contributed by atoms with Crippen LogP contribution in [0.15, 0.2) is 24.3 Å². The number of carbonyl (C=O) groups is 4. The van der Waals surface area contributed by atoms with Crippen molar-refractivity contribution in [3.63, 3.8) is 0 Å². The number of fused-ring (bicyclic) bond motifs is 1. The SMILES string of the molecule is CC(C)CC(=O)C1C(=O)c2ccccc2C1=O.CC(C)[C@H](N)C(=O)O. The minimum atomic E-state index is -1.09. The van der Waals surface area contributed by atoms with E-state index in [2.05, 4.69) is 0 Å². The summed E-state index contributed by atoms with van der Waals surface area (Å²) in [5, 5.41) is 8.23. The van der Waals surface area contributed by atoms with E-state index in [9.17, 15) is 19.2 Å². The van der Waals surface area contributed by atoms with Gasteiger partial charge in [0.2, 0.25) is 0 Å². The summed E-state index contributed by atoms with van der Waals surface area (Å²) in [4.78, 5) is 45.9. The molecular weight excluding hydrogens is 322 g/mol. The average molecular weight is 347 g/mol. The number of aliphatic carboxylic acids is 1. The number of hydrogen-bond donors (Lipinski definition) is 2. The third kappa shape index (κ3) is 5.06. The van der Waals surface area contributed by atoms with Gasteiger partial charge in [-0.25, -0.2) is 0 Å². The zero-order valence-electron chi connectivity index (χ0n) is 15.0. The Morgan fingerprint density at radius 1 is 1.04 bits per heavy atom. The molecule has 1 aromatic rings. The van der Waals surface area contributed by atoms with E-state index in [0.717, 1.165) is 0 Å². The van der Waals surface area contributed by atoms with Crippen molar-refractivity contribution in [3.05, 3.63) is 35.4 Å². The van der Waals surface area contributed by atoms with Crippen LogP contribution >= 0.6 is 0 Å². The number of carboxylic acid groups (broad SMARTS) is 1. The topological polar surface area (TPSA) is 115 Å². The lowest BCUT2D eigenvalue weighted by atomic mass is 9.92. The van der Waals surface area contributed by atoms with Crippen LogP contribution in [-0.4, -0.2) is 34.5 Å². The van der Waals surface area contributed by atoms with E-state index in [4.69, 9.17) is 10.8 Å². The monoisotopic (exact) mass is 347 g/mol. The molecule has 0 saturated heterocycles. The number of benzene rings is 1. The molecule has 136 valence electrons. The Morgan fingerprint density at radius 3 is 1.76 bits per heavy atom. The van der Waals surface area contributed by atoms with Gasteiger partial charge in [0.15, 0.2) is 17.3 Å². The summed E-state index contributed by atoms with van der Waals surface area (Å²) in [7, 11) is 0. The number of Topliss-reactive ketones (excluding diaryl/α,β-unsaturated/α-hetero) is 3. The predicted octanol–water partition coefficient (Wildman–Crippen LogP) is 2.35. The third-order valence-corrected chi connectivity index (χ3v) is 3.92. The van der Waals surface area contributed by atoms with Gasteiger partial charge in [-0.05, 0) is 11.8 Å². The smallest absolute Gasteiger partial charge is 0.320 e. The van der Waals surface area contributed by atoms with Crippen molar-refractivity contribution in [2.45, 2.75) is 40.2 Å². The van der Waals surface area contributed by atoms with Gasteiger partial charge in [-0.3, -0.25) is 19.2 Å². The highest BCUT2D eigenvalue weighted by molar-refractivity contribution is 6.35. The molecule has 6 nitrogen and oxygen atoms in total. The van der Waals surface area contributed by atoms with Crippen molar-refractivity contribution in [2.24, 2.45) is 23.5 Å². The fourth-order valence-corrected chi connectivity index (χ4v) is 2.44. The summed E-state index contributed by atoms with van der Waals surface area (Å²) < 4.78 is 0. The largest absolute Gasteiger partial charge is 0.480 e. The van der Waals surface area contributed by atoms with Gasteiger partial charge in [-0.1, -0.05) is 52.0 Å². The van der Waals surface area contributed by atoms with Crippen LogP contribution in [0.2, 0.25) is 0 Å². The molecule has 3 N–H and O–H groups in total. The van der Waals surface area contributed by atoms with E-state index >= 15 is 0 Å². The van der Waals surface area contributed by atoms with E-state index < -0.39 is 17.9 Å². The van der Waals surface area contributed by atoms with Gasteiger partial charge in [0.05, 0.1) is 0 Å². The molecule has 0 radical (unpaired) electrons. The molecule has 1 aliphatic carbocycles. The van der Waals surface area contributed by atoms with Crippen molar-refractivity contribution in [3.8, 4) is 0 Å². The van der Waals surface area contributed by atoms with E-state index in [0.29, 0.717) is 11.1 Å². The standard InChI is InChI=1S/C14H14O3.C5H11NO2/c1-8(2)7-11(15)12-13(16)9-5-3-4-6-10(9)14(12)17;1-3(2)4(6)5(7)8/h3-6,8,12H,7H2,1-2H3;3-4H,6H2,1-2H3,(H,7,8)/t;4-/m.0/s1. The molecule has 1 aromatic carbocycles. The molecule has 0 spiro atoms. The summed E-state index contributed by atoms with van der Waals surface area (Å²) in [6, 6.07) is 5.92. The normalized spacial score (nSPS) is 15.0. The summed E-state index contributed by atoms with van der Waals surface area (Å²) in [5.41, 5.74) is 5.94. The quantitative estimate of drug-likeness (QED) is 0.790. The lowest BCUT2D eigenvalue weighted by Gasteiger charge is -2.07. The minimum absolute atomic E-state index is 0.0208. The molecule has 1 aliphatic rings. The van der Waals surface area contributed by atoms with Crippen molar-refractivity contribution in [1.82, 2.24) is 0 Å². The highest BCUT2D eigenvalue weighted by atomic mass is 16.4. The van der Waals surface area contributed by atoms with E-state index in [1.54, 1.807) is 38.1 Å². The first-order valence-corrected chi connectivity index (χ1v) is 8.26. The van der Waals surface area contributed by atoms with Crippen LogP contribution in [0, 0.1) is 17.8 Å². The second-order valence-corrected chi connectivity index (χ2v) is 6.88. The molecule has 0 aliphatic heterocycles. The van der Waals surface area contributed by atoms with Gasteiger partial charge in [-0.15, -0.1) is 0 Å². The number of carboxylic acids is 1. The molecule has 2 rings (SSSR count). The van der Waals surface area contributed by atoms with Gasteiger partial charge in [0.1, 0.15) is 12.0 Å². The maximum atomic E-state index is 12.0. The Kier molecular flexibility index (Phi) is 7.18.